The molecule has 2 N–H and O–H groups in total. The first kappa shape index (κ1) is 14.6. The second-order valence-electron chi connectivity index (χ2n) is 4.64. The van der Waals surface area contributed by atoms with E-state index in [4.69, 9.17) is 5.73 Å². The normalized spacial score (nSPS) is 11.6. The lowest BCUT2D eigenvalue weighted by atomic mass is 9.97. The molecule has 1 nitrogen and oxygen atoms in total. The Morgan fingerprint density at radius 1 is 0.950 bits per heavy atom. The van der Waals surface area contributed by atoms with Crippen LogP contribution in [0.4, 0.5) is 13.2 Å². The lowest BCUT2D eigenvalue weighted by Crippen LogP contribution is -2.07. The molecule has 0 aliphatic rings. The third-order valence-electron chi connectivity index (χ3n) is 3.14. The zero-order valence-electron chi connectivity index (χ0n) is 11.0. The fourth-order valence-corrected chi connectivity index (χ4v) is 2.18. The molecule has 0 spiro atoms. The highest BCUT2D eigenvalue weighted by Gasteiger charge is 2.33. The van der Waals surface area contributed by atoms with E-state index in [1.165, 1.54) is 12.1 Å². The number of halogens is 3. The van der Waals surface area contributed by atoms with Crippen LogP contribution in [0.2, 0.25) is 0 Å². The van der Waals surface area contributed by atoms with Gasteiger partial charge >= 0.3 is 6.18 Å². The summed E-state index contributed by atoms with van der Waals surface area (Å²) in [5.41, 5.74) is 6.67. The van der Waals surface area contributed by atoms with Crippen LogP contribution in [0, 0.1) is 0 Å². The highest BCUT2D eigenvalue weighted by atomic mass is 19.4. The molecule has 0 aliphatic heterocycles. The largest absolute Gasteiger partial charge is 0.417 e. The Balaban J connectivity index is 2.42. The molecular weight excluding hydrogens is 263 g/mol. The predicted molar refractivity (Wildman–Crippen MR) is 74.3 cm³/mol. The summed E-state index contributed by atoms with van der Waals surface area (Å²) in [5.74, 6) is 0. The van der Waals surface area contributed by atoms with Gasteiger partial charge in [0.1, 0.15) is 0 Å². The van der Waals surface area contributed by atoms with Crippen LogP contribution in [0.15, 0.2) is 48.5 Å². The smallest absolute Gasteiger partial charge is 0.330 e. The zero-order chi connectivity index (χ0) is 14.6. The van der Waals surface area contributed by atoms with Crippen molar-refractivity contribution in [3.05, 3.63) is 59.7 Å². The Morgan fingerprint density at radius 2 is 1.70 bits per heavy atom. The Kier molecular flexibility index (Phi) is 4.45. The van der Waals surface area contributed by atoms with Crippen LogP contribution in [0.25, 0.3) is 11.1 Å². The molecule has 2 aromatic carbocycles. The molecule has 0 heterocycles. The van der Waals surface area contributed by atoms with Gasteiger partial charge in [-0.25, -0.2) is 0 Å². The average molecular weight is 279 g/mol. The minimum absolute atomic E-state index is 0.217. The van der Waals surface area contributed by atoms with Gasteiger partial charge in [-0.05, 0) is 42.1 Å². The Bertz CT molecular complexity index is 576. The van der Waals surface area contributed by atoms with Crippen molar-refractivity contribution in [1.29, 1.82) is 0 Å². The Morgan fingerprint density at radius 3 is 2.40 bits per heavy atom. The van der Waals surface area contributed by atoms with Crippen molar-refractivity contribution in [3.8, 4) is 11.1 Å². The van der Waals surface area contributed by atoms with E-state index in [0.717, 1.165) is 24.5 Å². The van der Waals surface area contributed by atoms with Gasteiger partial charge in [0.15, 0.2) is 0 Å². The molecule has 4 heteroatoms. The van der Waals surface area contributed by atoms with Crippen molar-refractivity contribution in [2.24, 2.45) is 5.73 Å². The molecule has 0 saturated carbocycles. The van der Waals surface area contributed by atoms with Crippen LogP contribution >= 0.6 is 0 Å². The van der Waals surface area contributed by atoms with Crippen LogP contribution in [-0.2, 0) is 12.6 Å². The highest BCUT2D eigenvalue weighted by molar-refractivity contribution is 5.68. The van der Waals surface area contributed by atoms with E-state index in [2.05, 4.69) is 0 Å². The second-order valence-corrected chi connectivity index (χ2v) is 4.64. The minimum Gasteiger partial charge on any atom is -0.330 e. The van der Waals surface area contributed by atoms with Crippen molar-refractivity contribution in [3.63, 3.8) is 0 Å². The van der Waals surface area contributed by atoms with Gasteiger partial charge in [0.2, 0.25) is 0 Å². The van der Waals surface area contributed by atoms with Crippen molar-refractivity contribution in [2.75, 3.05) is 6.54 Å². The average Bonchev–Trinajstić information content (AvgIpc) is 2.44. The molecule has 0 amide bonds. The third kappa shape index (κ3) is 3.39. The first-order valence-electron chi connectivity index (χ1n) is 6.48. The van der Waals surface area contributed by atoms with Crippen molar-refractivity contribution < 1.29 is 13.2 Å². The maximum absolute atomic E-state index is 13.0. The summed E-state index contributed by atoms with van der Waals surface area (Å²) in [4.78, 5) is 0. The summed E-state index contributed by atoms with van der Waals surface area (Å²) in [7, 11) is 0. The van der Waals surface area contributed by atoms with Crippen LogP contribution in [-0.4, -0.2) is 6.54 Å². The number of nitrogens with two attached hydrogens (primary N) is 1. The fourth-order valence-electron chi connectivity index (χ4n) is 2.18. The van der Waals surface area contributed by atoms with Crippen LogP contribution in [0.1, 0.15) is 17.5 Å². The van der Waals surface area contributed by atoms with E-state index in [1.54, 1.807) is 24.3 Å². The standard InChI is InChI=1S/C16H16F3N/c17-16(18,19)15-9-2-1-8-14(15)13-7-3-5-12(11-13)6-4-10-20/h1-3,5,7-9,11H,4,6,10,20H2. The molecule has 2 rings (SSSR count). The first-order valence-corrected chi connectivity index (χ1v) is 6.48. The lowest BCUT2D eigenvalue weighted by Gasteiger charge is -2.13. The summed E-state index contributed by atoms with van der Waals surface area (Å²) in [6, 6.07) is 12.9. The topological polar surface area (TPSA) is 26.0 Å². The van der Waals surface area contributed by atoms with Crippen LogP contribution < -0.4 is 5.73 Å². The van der Waals surface area contributed by atoms with Crippen LogP contribution in [0.3, 0.4) is 0 Å². The van der Waals surface area contributed by atoms with Crippen molar-refractivity contribution in [2.45, 2.75) is 19.0 Å². The maximum atomic E-state index is 13.0. The van der Waals surface area contributed by atoms with Gasteiger partial charge in [0.05, 0.1) is 5.56 Å². The van der Waals surface area contributed by atoms with E-state index in [-0.39, 0.29) is 5.56 Å². The highest BCUT2D eigenvalue weighted by Crippen LogP contribution is 2.37. The molecule has 20 heavy (non-hydrogen) atoms. The number of hydrogen-bond donors (Lipinski definition) is 1. The quantitative estimate of drug-likeness (QED) is 0.889. The van der Waals surface area contributed by atoms with Gasteiger partial charge in [-0.1, -0.05) is 42.5 Å². The predicted octanol–water partition coefficient (Wildman–Crippen LogP) is 4.26. The molecule has 0 unspecified atom stereocenters. The lowest BCUT2D eigenvalue weighted by molar-refractivity contribution is -0.137. The van der Waals surface area contributed by atoms with E-state index in [9.17, 15) is 13.2 Å². The van der Waals surface area contributed by atoms with Gasteiger partial charge in [-0.2, -0.15) is 13.2 Å². The molecule has 0 radical (unpaired) electrons. The van der Waals surface area contributed by atoms with E-state index >= 15 is 0 Å². The summed E-state index contributed by atoms with van der Waals surface area (Å²) in [6.45, 7) is 0.573. The van der Waals surface area contributed by atoms with Crippen LogP contribution in [0.5, 0.6) is 0 Å². The van der Waals surface area contributed by atoms with Gasteiger partial charge in [-0.3, -0.25) is 0 Å². The third-order valence-corrected chi connectivity index (χ3v) is 3.14. The molecule has 106 valence electrons. The van der Waals surface area contributed by atoms with Gasteiger partial charge in [0.25, 0.3) is 0 Å². The SMILES string of the molecule is NCCCc1cccc(-c2ccccc2C(F)(F)F)c1. The fraction of sp³-hybridized carbons (Fsp3) is 0.250. The van der Waals surface area contributed by atoms with Gasteiger partial charge in [0, 0.05) is 0 Å². The molecule has 0 atom stereocenters. The number of benzene rings is 2. The zero-order valence-corrected chi connectivity index (χ0v) is 11.0. The molecule has 0 saturated heterocycles. The number of rotatable bonds is 4. The van der Waals surface area contributed by atoms with Gasteiger partial charge in [-0.15, -0.1) is 0 Å². The number of aryl methyl sites for hydroxylation is 1. The summed E-state index contributed by atoms with van der Waals surface area (Å²) >= 11 is 0. The first-order chi connectivity index (χ1) is 9.52. The number of alkyl halides is 3. The second kappa shape index (κ2) is 6.09. The van der Waals surface area contributed by atoms with Crippen molar-refractivity contribution >= 4 is 0 Å². The van der Waals surface area contributed by atoms with E-state index < -0.39 is 11.7 Å². The van der Waals surface area contributed by atoms with Gasteiger partial charge < -0.3 is 5.73 Å². The molecule has 0 bridgehead atoms. The van der Waals surface area contributed by atoms with E-state index in [1.807, 2.05) is 6.07 Å². The molecule has 0 aliphatic carbocycles. The Hall–Kier alpha value is -1.81. The molecule has 0 fully saturated rings. The molecular formula is C16H16F3N. The monoisotopic (exact) mass is 279 g/mol. The maximum Gasteiger partial charge on any atom is 0.417 e. The Labute approximate surface area is 116 Å². The minimum atomic E-state index is -4.34. The molecule has 0 aromatic heterocycles. The summed E-state index contributed by atoms with van der Waals surface area (Å²) in [5, 5.41) is 0. The molecule has 2 aromatic rings. The van der Waals surface area contributed by atoms with E-state index in [0.29, 0.717) is 12.1 Å². The summed E-state index contributed by atoms with van der Waals surface area (Å²) in [6.07, 6.45) is -2.74. The number of hydrogen-bond acceptors (Lipinski definition) is 1. The summed E-state index contributed by atoms with van der Waals surface area (Å²) < 4.78 is 39.1. The van der Waals surface area contributed by atoms with Crippen molar-refractivity contribution in [1.82, 2.24) is 0 Å².